The summed E-state index contributed by atoms with van der Waals surface area (Å²) >= 11 is 0. The first-order valence-electron chi connectivity index (χ1n) is 12.2. The Kier molecular flexibility index (Phi) is 7.74. The summed E-state index contributed by atoms with van der Waals surface area (Å²) in [6.07, 6.45) is 2.33. The van der Waals surface area contributed by atoms with Crippen molar-refractivity contribution in [3.63, 3.8) is 0 Å². The van der Waals surface area contributed by atoms with Gasteiger partial charge in [-0.1, -0.05) is 24.3 Å². The quantitative estimate of drug-likeness (QED) is 0.397. The maximum atomic E-state index is 11.8. The van der Waals surface area contributed by atoms with Crippen molar-refractivity contribution in [3.05, 3.63) is 53.6 Å². The molecule has 2 aromatic carbocycles. The molecule has 2 aromatic rings. The van der Waals surface area contributed by atoms with Crippen molar-refractivity contribution in [3.8, 4) is 11.5 Å². The summed E-state index contributed by atoms with van der Waals surface area (Å²) in [5.74, 6) is 1.04. The summed E-state index contributed by atoms with van der Waals surface area (Å²) < 4.78 is 35.3. The summed E-state index contributed by atoms with van der Waals surface area (Å²) in [4.78, 5) is 11.8. The van der Waals surface area contributed by atoms with Crippen molar-refractivity contribution >= 4 is 18.6 Å². The van der Waals surface area contributed by atoms with Crippen LogP contribution in [0.25, 0.3) is 0 Å². The molecule has 0 aliphatic carbocycles. The number of esters is 1. The molecule has 7 nitrogen and oxygen atoms in total. The second kappa shape index (κ2) is 10.6. The summed E-state index contributed by atoms with van der Waals surface area (Å²) in [5, 5.41) is 0. The van der Waals surface area contributed by atoms with Crippen LogP contribution < -0.4 is 14.9 Å². The van der Waals surface area contributed by atoms with Crippen LogP contribution in [0.2, 0.25) is 0 Å². The molecular weight excluding hydrogens is 447 g/mol. The summed E-state index contributed by atoms with van der Waals surface area (Å²) in [7, 11) is 0.863. The highest BCUT2D eigenvalue weighted by Crippen LogP contribution is 2.37. The highest BCUT2D eigenvalue weighted by Gasteiger charge is 2.51. The average molecular weight is 482 g/mol. The zero-order chi connectivity index (χ0) is 25.1. The Bertz CT molecular complexity index is 1010. The van der Waals surface area contributed by atoms with E-state index in [1.165, 1.54) is 7.11 Å². The number of ether oxygens (including phenoxy) is 4. The number of methoxy groups -OCH3 is 1. The van der Waals surface area contributed by atoms with E-state index in [1.807, 2.05) is 70.2 Å². The molecule has 2 aliphatic rings. The highest BCUT2D eigenvalue weighted by molar-refractivity contribution is 6.62. The van der Waals surface area contributed by atoms with Crippen LogP contribution in [-0.4, -0.2) is 50.7 Å². The third kappa shape index (κ3) is 6.18. The van der Waals surface area contributed by atoms with Gasteiger partial charge in [0.2, 0.25) is 0 Å². The molecule has 0 amide bonds. The van der Waals surface area contributed by atoms with Gasteiger partial charge in [-0.05, 0) is 69.8 Å². The molecule has 2 aliphatic heterocycles. The van der Waals surface area contributed by atoms with Crippen LogP contribution in [0.4, 0.5) is 0 Å². The lowest BCUT2D eigenvalue weighted by Crippen LogP contribution is -2.41. The second-order valence-electron chi connectivity index (χ2n) is 10.1. The first-order chi connectivity index (χ1) is 16.7. The Hall–Kier alpha value is -2.55. The third-order valence-corrected chi connectivity index (χ3v) is 6.90. The van der Waals surface area contributed by atoms with Crippen molar-refractivity contribution in [2.75, 3.05) is 20.3 Å². The number of rotatable bonds is 9. The molecule has 8 heteroatoms. The van der Waals surface area contributed by atoms with E-state index < -0.39 is 18.3 Å². The molecule has 0 aromatic heterocycles. The van der Waals surface area contributed by atoms with Gasteiger partial charge in [0.15, 0.2) is 0 Å². The Morgan fingerprint density at radius 3 is 2.49 bits per heavy atom. The van der Waals surface area contributed by atoms with E-state index in [1.54, 1.807) is 0 Å². The first-order valence-corrected chi connectivity index (χ1v) is 12.2. The number of carbonyl (C=O) groups is 1. The van der Waals surface area contributed by atoms with Crippen LogP contribution in [0.5, 0.6) is 11.5 Å². The summed E-state index contributed by atoms with van der Waals surface area (Å²) in [5.41, 5.74) is 1.66. The van der Waals surface area contributed by atoms with Gasteiger partial charge in [-0.25, -0.2) is 0 Å². The largest absolute Gasteiger partial charge is 0.494 e. The minimum atomic E-state index is -0.517. The predicted octanol–water partition coefficient (Wildman–Crippen LogP) is 3.84. The molecule has 0 saturated carbocycles. The van der Waals surface area contributed by atoms with E-state index in [-0.39, 0.29) is 18.5 Å². The molecule has 188 valence electrons. The lowest BCUT2D eigenvalue weighted by Gasteiger charge is -2.32. The maximum absolute atomic E-state index is 11.8. The zero-order valence-electron chi connectivity index (χ0n) is 21.3. The van der Waals surface area contributed by atoms with Gasteiger partial charge in [-0.15, -0.1) is 0 Å². The molecule has 0 bridgehead atoms. The lowest BCUT2D eigenvalue weighted by atomic mass is 9.78. The normalized spacial score (nSPS) is 20.6. The van der Waals surface area contributed by atoms with Crippen molar-refractivity contribution in [1.29, 1.82) is 0 Å². The fourth-order valence-corrected chi connectivity index (χ4v) is 4.11. The van der Waals surface area contributed by atoms with Gasteiger partial charge < -0.3 is 28.3 Å². The predicted molar refractivity (Wildman–Crippen MR) is 133 cm³/mol. The van der Waals surface area contributed by atoms with Crippen LogP contribution in [-0.2, 0) is 36.6 Å². The van der Waals surface area contributed by atoms with Gasteiger partial charge in [-0.3, -0.25) is 4.79 Å². The Morgan fingerprint density at radius 1 is 1.06 bits per heavy atom. The highest BCUT2D eigenvalue weighted by atomic mass is 16.7. The van der Waals surface area contributed by atoms with Crippen LogP contribution in [0.3, 0.4) is 0 Å². The van der Waals surface area contributed by atoms with Crippen molar-refractivity contribution < 1.29 is 33.1 Å². The Morgan fingerprint density at radius 2 is 1.80 bits per heavy atom. The maximum Gasteiger partial charge on any atom is 0.494 e. The topological polar surface area (TPSA) is 72.5 Å². The minimum absolute atomic E-state index is 0.111. The number of para-hydroxylation sites is 1. The van der Waals surface area contributed by atoms with Crippen LogP contribution >= 0.6 is 0 Å². The molecule has 35 heavy (non-hydrogen) atoms. The molecular formula is C27H35BO7. The van der Waals surface area contributed by atoms with E-state index in [0.717, 1.165) is 36.0 Å². The zero-order valence-corrected chi connectivity index (χ0v) is 21.3. The Labute approximate surface area is 208 Å². The van der Waals surface area contributed by atoms with E-state index >= 15 is 0 Å². The first kappa shape index (κ1) is 25.5. The van der Waals surface area contributed by atoms with Crippen LogP contribution in [0.1, 0.15) is 51.7 Å². The van der Waals surface area contributed by atoms with Gasteiger partial charge in [0.05, 0.1) is 30.8 Å². The smallest absolute Gasteiger partial charge is 0.491 e. The molecule has 1 atom stereocenters. The number of benzene rings is 2. The molecule has 1 unspecified atom stereocenters. The minimum Gasteiger partial charge on any atom is -0.491 e. The monoisotopic (exact) mass is 482 g/mol. The fraction of sp³-hybridized carbons (Fsp3) is 0.519. The Balaban J connectivity index is 1.54. The summed E-state index contributed by atoms with van der Waals surface area (Å²) in [6.45, 7) is 9.71. The van der Waals surface area contributed by atoms with Crippen LogP contribution in [0.15, 0.2) is 42.5 Å². The van der Waals surface area contributed by atoms with Gasteiger partial charge in [0.1, 0.15) is 24.7 Å². The number of hydrogen-bond donors (Lipinski definition) is 0. The molecule has 0 spiro atoms. The number of hydrogen-bond acceptors (Lipinski definition) is 7. The standard InChI is InChI=1S/C27H35BO7/c1-26(2)27(3,4)35-28(34-26)21-13-19(14-23(16-21)32-18-22-10-8-12-31-22)17-33-24-11-7-6-9-20(24)15-25(29)30-5/h6-7,9,11,13-14,16,22H,8,10,12,15,17-18H2,1-5H3. The van der Waals surface area contributed by atoms with E-state index in [9.17, 15) is 4.79 Å². The molecule has 4 rings (SSSR count). The second-order valence-corrected chi connectivity index (χ2v) is 10.1. The van der Waals surface area contributed by atoms with Gasteiger partial charge in [0.25, 0.3) is 0 Å². The molecule has 0 N–H and O–H groups in total. The van der Waals surface area contributed by atoms with Gasteiger partial charge in [0, 0.05) is 12.2 Å². The van der Waals surface area contributed by atoms with Crippen molar-refractivity contribution in [2.45, 2.75) is 70.9 Å². The SMILES string of the molecule is COC(=O)Cc1ccccc1OCc1cc(OCC2CCCO2)cc(B2OC(C)(C)C(C)(C)O2)c1. The molecule has 2 fully saturated rings. The van der Waals surface area contributed by atoms with E-state index in [2.05, 4.69) is 0 Å². The number of carbonyl (C=O) groups excluding carboxylic acids is 1. The summed E-state index contributed by atoms with van der Waals surface area (Å²) in [6, 6.07) is 13.4. The molecule has 0 radical (unpaired) electrons. The van der Waals surface area contributed by atoms with E-state index in [0.29, 0.717) is 24.7 Å². The van der Waals surface area contributed by atoms with E-state index in [4.69, 9.17) is 28.3 Å². The van der Waals surface area contributed by atoms with Crippen LogP contribution in [0, 0.1) is 0 Å². The van der Waals surface area contributed by atoms with Gasteiger partial charge >= 0.3 is 13.1 Å². The average Bonchev–Trinajstić information content (AvgIpc) is 3.42. The fourth-order valence-electron chi connectivity index (χ4n) is 4.11. The molecule has 2 saturated heterocycles. The van der Waals surface area contributed by atoms with Crippen molar-refractivity contribution in [1.82, 2.24) is 0 Å². The third-order valence-electron chi connectivity index (χ3n) is 6.90. The lowest BCUT2D eigenvalue weighted by molar-refractivity contribution is -0.139. The van der Waals surface area contributed by atoms with Gasteiger partial charge in [-0.2, -0.15) is 0 Å². The van der Waals surface area contributed by atoms with Crippen molar-refractivity contribution in [2.24, 2.45) is 0 Å². The molecule has 2 heterocycles.